The first kappa shape index (κ1) is 12.2. The van der Waals surface area contributed by atoms with E-state index in [2.05, 4.69) is 24.2 Å². The smallest absolute Gasteiger partial charge is 0.165 e. The van der Waals surface area contributed by atoms with Crippen LogP contribution in [0.3, 0.4) is 0 Å². The standard InChI is InChI=1S/C9H14N5O2P/c10-8-7-9(12-3-11-8)14(4-13-7)6(1-15)2-16-5-17/h3-4,6,15H,1-2,5,17H2,(H2,10,11,12). The van der Waals surface area contributed by atoms with E-state index in [0.29, 0.717) is 29.9 Å². The summed E-state index contributed by atoms with van der Waals surface area (Å²) in [5.41, 5.74) is 6.83. The Hall–Kier alpha value is -1.30. The van der Waals surface area contributed by atoms with Gasteiger partial charge in [0.15, 0.2) is 11.5 Å². The third-order valence-corrected chi connectivity index (χ3v) is 2.66. The van der Waals surface area contributed by atoms with Crippen LogP contribution in [-0.2, 0) is 4.74 Å². The molecule has 2 aromatic heterocycles. The van der Waals surface area contributed by atoms with Crippen molar-refractivity contribution in [2.75, 3.05) is 25.3 Å². The van der Waals surface area contributed by atoms with Gasteiger partial charge < -0.3 is 20.1 Å². The molecule has 0 aliphatic rings. The van der Waals surface area contributed by atoms with Gasteiger partial charge in [-0.05, 0) is 0 Å². The van der Waals surface area contributed by atoms with Crippen molar-refractivity contribution < 1.29 is 9.84 Å². The number of hydrogen-bond donors (Lipinski definition) is 2. The van der Waals surface area contributed by atoms with Crippen LogP contribution in [0.15, 0.2) is 12.7 Å². The Morgan fingerprint density at radius 2 is 2.29 bits per heavy atom. The predicted octanol–water partition coefficient (Wildman–Crippen LogP) is -0.209. The van der Waals surface area contributed by atoms with Crippen molar-refractivity contribution in [3.8, 4) is 0 Å². The first-order valence-corrected chi connectivity index (χ1v) is 5.91. The molecule has 2 atom stereocenters. The molecule has 8 heteroatoms. The lowest BCUT2D eigenvalue weighted by Gasteiger charge is -2.15. The van der Waals surface area contributed by atoms with Gasteiger partial charge >= 0.3 is 0 Å². The van der Waals surface area contributed by atoms with E-state index in [1.54, 1.807) is 10.9 Å². The lowest BCUT2D eigenvalue weighted by atomic mass is 10.3. The molecule has 0 amide bonds. The van der Waals surface area contributed by atoms with Gasteiger partial charge in [0.2, 0.25) is 0 Å². The summed E-state index contributed by atoms with van der Waals surface area (Å²) in [4.78, 5) is 12.1. The van der Waals surface area contributed by atoms with Gasteiger partial charge in [0.05, 0.1) is 31.9 Å². The molecule has 0 spiro atoms. The lowest BCUT2D eigenvalue weighted by Crippen LogP contribution is -2.18. The van der Waals surface area contributed by atoms with E-state index in [-0.39, 0.29) is 12.6 Å². The maximum atomic E-state index is 9.34. The van der Waals surface area contributed by atoms with Gasteiger partial charge in [-0.25, -0.2) is 15.0 Å². The van der Waals surface area contributed by atoms with Crippen molar-refractivity contribution in [3.05, 3.63) is 12.7 Å². The maximum Gasteiger partial charge on any atom is 0.165 e. The number of hydrogen-bond acceptors (Lipinski definition) is 6. The minimum absolute atomic E-state index is 0.0555. The second-order valence-corrected chi connectivity index (χ2v) is 3.79. The summed E-state index contributed by atoms with van der Waals surface area (Å²) in [5, 5.41) is 9.34. The second kappa shape index (κ2) is 5.35. The normalized spacial score (nSPS) is 13.1. The highest BCUT2D eigenvalue weighted by atomic mass is 31.0. The van der Waals surface area contributed by atoms with Crippen molar-refractivity contribution in [3.63, 3.8) is 0 Å². The van der Waals surface area contributed by atoms with E-state index in [1.807, 2.05) is 0 Å². The summed E-state index contributed by atoms with van der Waals surface area (Å²) in [7, 11) is 2.46. The molecule has 0 saturated heterocycles. The number of aliphatic hydroxyl groups is 1. The average molecular weight is 255 g/mol. The zero-order chi connectivity index (χ0) is 12.3. The summed E-state index contributed by atoms with van der Waals surface area (Å²) in [6.07, 6.45) is 3.48. The number of nitrogen functional groups attached to an aromatic ring is 1. The van der Waals surface area contributed by atoms with Gasteiger partial charge in [0.25, 0.3) is 0 Å². The molecule has 7 nitrogen and oxygen atoms in total. The van der Waals surface area contributed by atoms with E-state index in [0.717, 1.165) is 0 Å². The number of anilines is 1. The van der Waals surface area contributed by atoms with Gasteiger partial charge in [-0.3, -0.25) is 0 Å². The summed E-state index contributed by atoms with van der Waals surface area (Å²) in [5.74, 6) is 0.331. The molecular formula is C9H14N5O2P. The van der Waals surface area contributed by atoms with Gasteiger partial charge in [0.1, 0.15) is 11.8 Å². The monoisotopic (exact) mass is 255 g/mol. The molecule has 0 aliphatic heterocycles. The SMILES string of the molecule is Nc1ncnc2c1ncn2C(CO)COCP. The van der Waals surface area contributed by atoms with Crippen LogP contribution < -0.4 is 5.73 Å². The fourth-order valence-electron chi connectivity index (χ4n) is 1.56. The highest BCUT2D eigenvalue weighted by molar-refractivity contribution is 7.16. The largest absolute Gasteiger partial charge is 0.394 e. The molecule has 2 rings (SSSR count). The number of imidazole rings is 1. The average Bonchev–Trinajstić information content (AvgIpc) is 2.76. The molecule has 0 aromatic carbocycles. The highest BCUT2D eigenvalue weighted by Gasteiger charge is 2.15. The molecule has 17 heavy (non-hydrogen) atoms. The Morgan fingerprint density at radius 1 is 1.47 bits per heavy atom. The van der Waals surface area contributed by atoms with Gasteiger partial charge in [-0.15, -0.1) is 9.24 Å². The van der Waals surface area contributed by atoms with Gasteiger partial charge in [0, 0.05) is 0 Å². The number of nitrogens with zero attached hydrogens (tertiary/aromatic N) is 4. The molecule has 0 bridgehead atoms. The van der Waals surface area contributed by atoms with E-state index in [9.17, 15) is 5.11 Å². The number of aliphatic hydroxyl groups excluding tert-OH is 1. The fourth-order valence-corrected chi connectivity index (χ4v) is 1.70. The fraction of sp³-hybridized carbons (Fsp3) is 0.444. The molecule has 0 aliphatic carbocycles. The molecule has 3 N–H and O–H groups in total. The summed E-state index contributed by atoms with van der Waals surface area (Å²) in [6, 6.07) is -0.227. The molecule has 0 fully saturated rings. The Kier molecular flexibility index (Phi) is 3.83. The topological polar surface area (TPSA) is 99.1 Å². The molecule has 0 radical (unpaired) electrons. The molecule has 92 valence electrons. The third-order valence-electron chi connectivity index (χ3n) is 2.42. The second-order valence-electron chi connectivity index (χ2n) is 3.46. The molecule has 2 heterocycles. The number of nitrogens with two attached hydrogens (primary N) is 1. The van der Waals surface area contributed by atoms with Crippen molar-refractivity contribution >= 4 is 26.2 Å². The highest BCUT2D eigenvalue weighted by Crippen LogP contribution is 2.18. The molecule has 0 saturated carbocycles. The quantitative estimate of drug-likeness (QED) is 0.717. The number of fused-ring (bicyclic) bond motifs is 1. The molecule has 2 unspecified atom stereocenters. The van der Waals surface area contributed by atoms with Crippen LogP contribution in [0.2, 0.25) is 0 Å². The van der Waals surface area contributed by atoms with Crippen LogP contribution in [0.5, 0.6) is 0 Å². The molecular weight excluding hydrogens is 241 g/mol. The maximum absolute atomic E-state index is 9.34. The zero-order valence-corrected chi connectivity index (χ0v) is 10.3. The van der Waals surface area contributed by atoms with Crippen LogP contribution in [0.25, 0.3) is 11.2 Å². The molecule has 2 aromatic rings. The summed E-state index contributed by atoms with van der Waals surface area (Å²) in [6.45, 7) is 0.329. The summed E-state index contributed by atoms with van der Waals surface area (Å²) >= 11 is 0. The first-order valence-electron chi connectivity index (χ1n) is 5.09. The Bertz CT molecular complexity index is 503. The first-order chi connectivity index (χ1) is 8.27. The number of aromatic nitrogens is 4. The minimum Gasteiger partial charge on any atom is -0.394 e. The van der Waals surface area contributed by atoms with E-state index in [1.165, 1.54) is 6.33 Å². The van der Waals surface area contributed by atoms with Crippen molar-refractivity contribution in [1.82, 2.24) is 19.5 Å². The van der Waals surface area contributed by atoms with Crippen LogP contribution in [0.1, 0.15) is 6.04 Å². The van der Waals surface area contributed by atoms with Gasteiger partial charge in [-0.1, -0.05) is 0 Å². The predicted molar refractivity (Wildman–Crippen MR) is 66.4 cm³/mol. The van der Waals surface area contributed by atoms with Crippen LogP contribution in [0.4, 0.5) is 5.82 Å². The van der Waals surface area contributed by atoms with Gasteiger partial charge in [-0.2, -0.15) is 0 Å². The van der Waals surface area contributed by atoms with Crippen LogP contribution >= 0.6 is 9.24 Å². The Morgan fingerprint density at radius 3 is 3.00 bits per heavy atom. The Labute approximate surface area is 100 Å². The van der Waals surface area contributed by atoms with Crippen LogP contribution in [0, 0.1) is 0 Å². The summed E-state index contributed by atoms with van der Waals surface area (Å²) < 4.78 is 7.01. The Balaban J connectivity index is 2.37. The van der Waals surface area contributed by atoms with Crippen molar-refractivity contribution in [2.45, 2.75) is 6.04 Å². The lowest BCUT2D eigenvalue weighted by molar-refractivity contribution is 0.107. The zero-order valence-electron chi connectivity index (χ0n) is 9.15. The van der Waals surface area contributed by atoms with Crippen LogP contribution in [-0.4, -0.2) is 44.2 Å². The van der Waals surface area contributed by atoms with Crippen molar-refractivity contribution in [2.24, 2.45) is 0 Å². The van der Waals surface area contributed by atoms with E-state index < -0.39 is 0 Å². The number of rotatable bonds is 5. The van der Waals surface area contributed by atoms with Crippen molar-refractivity contribution in [1.29, 1.82) is 0 Å². The number of ether oxygens (including phenoxy) is 1. The van der Waals surface area contributed by atoms with E-state index >= 15 is 0 Å². The third kappa shape index (κ3) is 2.36. The minimum atomic E-state index is -0.227. The van der Waals surface area contributed by atoms with E-state index in [4.69, 9.17) is 10.5 Å².